The first-order chi connectivity index (χ1) is 12.6. The number of rotatable bonds is 8. The molecule has 9 heteroatoms. The second kappa shape index (κ2) is 8.55. The molecule has 0 saturated carbocycles. The van der Waals surface area contributed by atoms with E-state index in [1.165, 1.54) is 18.2 Å². The van der Waals surface area contributed by atoms with Crippen LogP contribution in [0.25, 0.3) is 0 Å². The second-order valence-corrected chi connectivity index (χ2v) is 7.77. The number of benzene rings is 2. The van der Waals surface area contributed by atoms with Gasteiger partial charge in [0.2, 0.25) is 10.0 Å². The lowest BCUT2D eigenvalue weighted by atomic mass is 10.1. The highest BCUT2D eigenvalue weighted by Gasteiger charge is 2.27. The topological polar surface area (TPSA) is 101 Å². The van der Waals surface area contributed by atoms with Crippen LogP contribution in [0.5, 0.6) is 0 Å². The van der Waals surface area contributed by atoms with E-state index in [0.717, 1.165) is 5.56 Å². The predicted molar refractivity (Wildman–Crippen MR) is 98.0 cm³/mol. The Morgan fingerprint density at radius 3 is 2.44 bits per heavy atom. The van der Waals surface area contributed by atoms with Gasteiger partial charge < -0.3 is 11.1 Å². The Kier molecular flexibility index (Phi) is 6.63. The summed E-state index contributed by atoms with van der Waals surface area (Å²) < 4.78 is 54.0. The summed E-state index contributed by atoms with van der Waals surface area (Å²) >= 11 is 0. The van der Waals surface area contributed by atoms with Gasteiger partial charge in [-0.2, -0.15) is 0 Å². The summed E-state index contributed by atoms with van der Waals surface area (Å²) in [7, 11) is -3.89. The van der Waals surface area contributed by atoms with Gasteiger partial charge in [-0.15, -0.1) is 0 Å². The van der Waals surface area contributed by atoms with Crippen molar-refractivity contribution < 1.29 is 22.0 Å². The van der Waals surface area contributed by atoms with Crippen molar-refractivity contribution in [3.8, 4) is 0 Å². The molecule has 2 rings (SSSR count). The van der Waals surface area contributed by atoms with Crippen molar-refractivity contribution >= 4 is 15.9 Å². The molecule has 2 aromatic rings. The third-order valence-corrected chi connectivity index (χ3v) is 5.40. The quantitative estimate of drug-likeness (QED) is 0.632. The smallest absolute Gasteiger partial charge is 0.277 e. The molecule has 146 valence electrons. The van der Waals surface area contributed by atoms with Crippen molar-refractivity contribution in [3.05, 3.63) is 65.2 Å². The van der Waals surface area contributed by atoms with Crippen LogP contribution in [0.1, 0.15) is 21.5 Å². The van der Waals surface area contributed by atoms with Crippen LogP contribution < -0.4 is 15.8 Å². The van der Waals surface area contributed by atoms with Crippen molar-refractivity contribution in [1.82, 2.24) is 10.0 Å². The Hall–Kier alpha value is -2.36. The Morgan fingerprint density at radius 2 is 1.81 bits per heavy atom. The van der Waals surface area contributed by atoms with E-state index in [4.69, 9.17) is 5.73 Å². The average Bonchev–Trinajstić information content (AvgIpc) is 2.65. The standard InChI is InChI=1S/C18H21F2N3O3S/c1-13-7-8-15(17(24)22-12-18(19,20)11-21)9-16(13)27(25,26)23-10-14-5-3-2-4-6-14/h2-9,23H,10-12,21H2,1H3,(H,22,24). The number of nitrogens with two attached hydrogens (primary N) is 1. The number of alkyl halides is 2. The molecule has 4 N–H and O–H groups in total. The van der Waals surface area contributed by atoms with Crippen molar-refractivity contribution in [3.63, 3.8) is 0 Å². The Balaban J connectivity index is 2.17. The van der Waals surface area contributed by atoms with Crippen molar-refractivity contribution in [2.75, 3.05) is 13.1 Å². The number of hydrogen-bond donors (Lipinski definition) is 3. The van der Waals surface area contributed by atoms with Crippen LogP contribution in [0.2, 0.25) is 0 Å². The molecule has 1 amide bonds. The molecule has 0 fully saturated rings. The highest BCUT2D eigenvalue weighted by molar-refractivity contribution is 7.89. The van der Waals surface area contributed by atoms with Gasteiger partial charge in [-0.25, -0.2) is 21.9 Å². The van der Waals surface area contributed by atoms with Gasteiger partial charge in [-0.3, -0.25) is 4.79 Å². The molecule has 0 bridgehead atoms. The number of hydrogen-bond acceptors (Lipinski definition) is 4. The molecule has 0 aromatic heterocycles. The third-order valence-electron chi connectivity index (χ3n) is 3.86. The van der Waals surface area contributed by atoms with Crippen LogP contribution >= 0.6 is 0 Å². The van der Waals surface area contributed by atoms with Gasteiger partial charge in [-0.05, 0) is 30.2 Å². The maximum Gasteiger partial charge on any atom is 0.277 e. The molecule has 0 atom stereocenters. The summed E-state index contributed by atoms with van der Waals surface area (Å²) in [6.07, 6.45) is 0. The fraction of sp³-hybridized carbons (Fsp3) is 0.278. The van der Waals surface area contributed by atoms with Crippen molar-refractivity contribution in [1.29, 1.82) is 0 Å². The number of carbonyl (C=O) groups excluding carboxylic acids is 1. The molecule has 6 nitrogen and oxygen atoms in total. The van der Waals surface area contributed by atoms with Crippen LogP contribution in [-0.4, -0.2) is 33.3 Å². The number of halogens is 2. The number of nitrogens with one attached hydrogen (secondary N) is 2. The number of carbonyl (C=O) groups is 1. The van der Waals surface area contributed by atoms with Gasteiger partial charge in [0.25, 0.3) is 11.8 Å². The van der Waals surface area contributed by atoms with Crippen molar-refractivity contribution in [2.45, 2.75) is 24.3 Å². The van der Waals surface area contributed by atoms with Crippen molar-refractivity contribution in [2.24, 2.45) is 5.73 Å². The first-order valence-electron chi connectivity index (χ1n) is 8.15. The van der Waals surface area contributed by atoms with E-state index >= 15 is 0 Å². The van der Waals surface area contributed by atoms with E-state index in [9.17, 15) is 22.0 Å². The SMILES string of the molecule is Cc1ccc(C(=O)NCC(F)(F)CN)cc1S(=O)(=O)NCc1ccccc1. The fourth-order valence-electron chi connectivity index (χ4n) is 2.27. The summed E-state index contributed by atoms with van der Waals surface area (Å²) in [4.78, 5) is 12.0. The molecule has 0 aliphatic carbocycles. The first kappa shape index (κ1) is 20.9. The van der Waals surface area contributed by atoms with E-state index in [0.29, 0.717) is 5.56 Å². The van der Waals surface area contributed by atoms with Gasteiger partial charge in [0.1, 0.15) is 0 Å². The van der Waals surface area contributed by atoms with Gasteiger partial charge in [0.15, 0.2) is 0 Å². The summed E-state index contributed by atoms with van der Waals surface area (Å²) in [6.45, 7) is -0.155. The summed E-state index contributed by atoms with van der Waals surface area (Å²) in [5, 5.41) is 2.06. The van der Waals surface area contributed by atoms with E-state index in [1.807, 2.05) is 6.07 Å². The monoisotopic (exact) mass is 397 g/mol. The highest BCUT2D eigenvalue weighted by atomic mass is 32.2. The zero-order chi connectivity index (χ0) is 20.1. The Bertz CT molecular complexity index is 903. The fourth-order valence-corrected chi connectivity index (χ4v) is 3.55. The van der Waals surface area contributed by atoms with Gasteiger partial charge in [0.05, 0.1) is 18.0 Å². The summed E-state index contributed by atoms with van der Waals surface area (Å²) in [5.41, 5.74) is 6.10. The summed E-state index contributed by atoms with van der Waals surface area (Å²) in [6, 6.07) is 12.9. The molecule has 0 unspecified atom stereocenters. The minimum Gasteiger partial charge on any atom is -0.346 e. The van der Waals surface area contributed by atoms with Crippen LogP contribution in [-0.2, 0) is 16.6 Å². The molecule has 0 heterocycles. The van der Waals surface area contributed by atoms with Gasteiger partial charge in [0, 0.05) is 12.1 Å². The lowest BCUT2D eigenvalue weighted by molar-refractivity contribution is 0.0118. The minimum atomic E-state index is -3.89. The normalized spacial score (nSPS) is 12.0. The molecule has 0 aliphatic heterocycles. The Labute approximate surface area is 156 Å². The van der Waals surface area contributed by atoms with E-state index in [2.05, 4.69) is 10.0 Å². The predicted octanol–water partition coefficient (Wildman–Crippen LogP) is 1.80. The number of aryl methyl sites for hydroxylation is 1. The average molecular weight is 397 g/mol. The van der Waals surface area contributed by atoms with Crippen LogP contribution in [0.4, 0.5) is 8.78 Å². The first-order valence-corrected chi connectivity index (χ1v) is 9.63. The van der Waals surface area contributed by atoms with Gasteiger partial charge in [-0.1, -0.05) is 36.4 Å². The summed E-state index contributed by atoms with van der Waals surface area (Å²) in [5.74, 6) is -4.03. The minimum absolute atomic E-state index is 0.0338. The zero-order valence-corrected chi connectivity index (χ0v) is 15.5. The second-order valence-electron chi connectivity index (χ2n) is 6.03. The molecule has 27 heavy (non-hydrogen) atoms. The molecule has 2 aromatic carbocycles. The maximum absolute atomic E-state index is 13.2. The number of amides is 1. The maximum atomic E-state index is 13.2. The van der Waals surface area contributed by atoms with Crippen LogP contribution in [0, 0.1) is 6.92 Å². The van der Waals surface area contributed by atoms with E-state index in [-0.39, 0.29) is 17.0 Å². The molecule has 0 saturated heterocycles. The van der Waals surface area contributed by atoms with Crippen LogP contribution in [0.15, 0.2) is 53.4 Å². The molecule has 0 radical (unpaired) electrons. The van der Waals surface area contributed by atoms with E-state index in [1.54, 1.807) is 31.2 Å². The number of sulfonamides is 1. The Morgan fingerprint density at radius 1 is 1.15 bits per heavy atom. The molecular weight excluding hydrogens is 376 g/mol. The highest BCUT2D eigenvalue weighted by Crippen LogP contribution is 2.18. The van der Waals surface area contributed by atoms with E-state index < -0.39 is 34.9 Å². The lowest BCUT2D eigenvalue weighted by Gasteiger charge is -2.15. The third kappa shape index (κ3) is 5.81. The lowest BCUT2D eigenvalue weighted by Crippen LogP contribution is -2.41. The molecule has 0 aliphatic rings. The van der Waals surface area contributed by atoms with Crippen LogP contribution in [0.3, 0.4) is 0 Å². The largest absolute Gasteiger partial charge is 0.346 e. The van der Waals surface area contributed by atoms with Gasteiger partial charge >= 0.3 is 0 Å². The molecule has 0 spiro atoms. The molecular formula is C18H21F2N3O3S. The zero-order valence-electron chi connectivity index (χ0n) is 14.7.